The van der Waals surface area contributed by atoms with Crippen molar-refractivity contribution in [1.82, 2.24) is 5.32 Å². The summed E-state index contributed by atoms with van der Waals surface area (Å²) in [5.41, 5.74) is 2.19. The molecule has 1 heterocycles. The summed E-state index contributed by atoms with van der Waals surface area (Å²) < 4.78 is 6.09. The molecule has 1 N–H and O–H groups in total. The second-order valence-electron chi connectivity index (χ2n) is 4.74. The second kappa shape index (κ2) is 5.64. The third kappa shape index (κ3) is 2.91. The highest BCUT2D eigenvalue weighted by molar-refractivity contribution is 6.31. The van der Waals surface area contributed by atoms with E-state index in [1.165, 1.54) is 0 Å². The zero-order valence-corrected chi connectivity index (χ0v) is 11.4. The Morgan fingerprint density at radius 1 is 1.11 bits per heavy atom. The number of hydrogen-bond acceptors (Lipinski definition) is 2. The van der Waals surface area contributed by atoms with Gasteiger partial charge in [-0.15, -0.1) is 0 Å². The zero-order valence-electron chi connectivity index (χ0n) is 10.6. The van der Waals surface area contributed by atoms with Gasteiger partial charge in [0.05, 0.1) is 0 Å². The van der Waals surface area contributed by atoms with Crippen LogP contribution in [-0.2, 0) is 0 Å². The minimum Gasteiger partial charge on any atom is -0.488 e. The SMILES string of the molecule is Clc1ccc(O[C@H]2CCNC2)c(-c2ccccc2)c1. The zero-order chi connectivity index (χ0) is 13.1. The van der Waals surface area contributed by atoms with E-state index in [0.29, 0.717) is 0 Å². The highest BCUT2D eigenvalue weighted by Gasteiger charge is 2.18. The van der Waals surface area contributed by atoms with E-state index in [1.807, 2.05) is 36.4 Å². The van der Waals surface area contributed by atoms with Crippen LogP contribution in [-0.4, -0.2) is 19.2 Å². The van der Waals surface area contributed by atoms with Gasteiger partial charge in [-0.1, -0.05) is 41.9 Å². The fourth-order valence-electron chi connectivity index (χ4n) is 2.36. The van der Waals surface area contributed by atoms with Crippen molar-refractivity contribution in [2.75, 3.05) is 13.1 Å². The molecule has 1 fully saturated rings. The van der Waals surface area contributed by atoms with Crippen LogP contribution >= 0.6 is 11.6 Å². The van der Waals surface area contributed by atoms with Gasteiger partial charge in [0.1, 0.15) is 11.9 Å². The molecule has 0 aromatic heterocycles. The number of benzene rings is 2. The standard InChI is InChI=1S/C16H16ClNO/c17-13-6-7-16(19-14-8-9-18-11-14)15(10-13)12-4-2-1-3-5-12/h1-7,10,14,18H,8-9,11H2/t14-/m0/s1. The minimum absolute atomic E-state index is 0.253. The second-order valence-corrected chi connectivity index (χ2v) is 5.18. The highest BCUT2D eigenvalue weighted by Crippen LogP contribution is 2.33. The Bertz CT molecular complexity index is 550. The van der Waals surface area contributed by atoms with E-state index in [0.717, 1.165) is 41.4 Å². The molecule has 0 amide bonds. The number of halogens is 1. The van der Waals surface area contributed by atoms with Gasteiger partial charge >= 0.3 is 0 Å². The predicted molar refractivity (Wildman–Crippen MR) is 78.8 cm³/mol. The lowest BCUT2D eigenvalue weighted by Gasteiger charge is -2.16. The van der Waals surface area contributed by atoms with Gasteiger partial charge in [0.2, 0.25) is 0 Å². The summed E-state index contributed by atoms with van der Waals surface area (Å²) in [6.07, 6.45) is 1.31. The van der Waals surface area contributed by atoms with Gasteiger partial charge in [-0.3, -0.25) is 0 Å². The molecular formula is C16H16ClNO. The van der Waals surface area contributed by atoms with Crippen LogP contribution in [0.4, 0.5) is 0 Å². The van der Waals surface area contributed by atoms with Crippen LogP contribution in [0.25, 0.3) is 11.1 Å². The lowest BCUT2D eigenvalue weighted by molar-refractivity contribution is 0.224. The molecule has 98 valence electrons. The molecule has 3 heteroatoms. The monoisotopic (exact) mass is 273 g/mol. The van der Waals surface area contributed by atoms with E-state index in [4.69, 9.17) is 16.3 Å². The fourth-order valence-corrected chi connectivity index (χ4v) is 2.53. The van der Waals surface area contributed by atoms with Crippen LogP contribution in [0.5, 0.6) is 5.75 Å². The fraction of sp³-hybridized carbons (Fsp3) is 0.250. The maximum absolute atomic E-state index is 6.12. The van der Waals surface area contributed by atoms with Crippen molar-refractivity contribution in [3.63, 3.8) is 0 Å². The first-order valence-corrected chi connectivity index (χ1v) is 6.93. The topological polar surface area (TPSA) is 21.3 Å². The summed E-state index contributed by atoms with van der Waals surface area (Å²) in [4.78, 5) is 0. The molecule has 3 rings (SSSR count). The van der Waals surface area contributed by atoms with Gasteiger partial charge in [-0.05, 0) is 36.7 Å². The van der Waals surface area contributed by atoms with Gasteiger partial charge in [-0.2, -0.15) is 0 Å². The molecule has 1 aliphatic heterocycles. The molecule has 1 saturated heterocycles. The maximum atomic E-state index is 6.12. The van der Waals surface area contributed by atoms with E-state index in [1.54, 1.807) is 0 Å². The molecule has 0 bridgehead atoms. The highest BCUT2D eigenvalue weighted by atomic mass is 35.5. The van der Waals surface area contributed by atoms with Crippen molar-refractivity contribution >= 4 is 11.6 Å². The quantitative estimate of drug-likeness (QED) is 0.920. The normalized spacial score (nSPS) is 18.5. The minimum atomic E-state index is 0.253. The Balaban J connectivity index is 1.94. The van der Waals surface area contributed by atoms with Crippen LogP contribution in [0.2, 0.25) is 5.02 Å². The summed E-state index contributed by atoms with van der Waals surface area (Å²) in [5.74, 6) is 0.907. The van der Waals surface area contributed by atoms with Crippen molar-refractivity contribution < 1.29 is 4.74 Å². The summed E-state index contributed by atoms with van der Waals surface area (Å²) in [7, 11) is 0. The Hall–Kier alpha value is -1.51. The summed E-state index contributed by atoms with van der Waals surface area (Å²) >= 11 is 6.12. The average molecular weight is 274 g/mol. The molecule has 0 unspecified atom stereocenters. The van der Waals surface area contributed by atoms with Crippen LogP contribution in [0.15, 0.2) is 48.5 Å². The molecular weight excluding hydrogens is 258 g/mol. The molecule has 0 spiro atoms. The predicted octanol–water partition coefficient (Wildman–Crippen LogP) is 3.75. The summed E-state index contributed by atoms with van der Waals surface area (Å²) in [6.45, 7) is 1.94. The summed E-state index contributed by atoms with van der Waals surface area (Å²) in [6, 6.07) is 16.0. The van der Waals surface area contributed by atoms with E-state index >= 15 is 0 Å². The molecule has 19 heavy (non-hydrogen) atoms. The molecule has 0 aliphatic carbocycles. The van der Waals surface area contributed by atoms with Crippen LogP contribution < -0.4 is 10.1 Å². The van der Waals surface area contributed by atoms with Gasteiger partial charge in [0.15, 0.2) is 0 Å². The lowest BCUT2D eigenvalue weighted by Crippen LogP contribution is -2.19. The molecule has 1 aliphatic rings. The number of hydrogen-bond donors (Lipinski definition) is 1. The van der Waals surface area contributed by atoms with Crippen molar-refractivity contribution in [3.05, 3.63) is 53.6 Å². The molecule has 2 aromatic carbocycles. The molecule has 0 saturated carbocycles. The smallest absolute Gasteiger partial charge is 0.127 e. The molecule has 2 aromatic rings. The first-order valence-electron chi connectivity index (χ1n) is 6.55. The van der Waals surface area contributed by atoms with Crippen molar-refractivity contribution in [1.29, 1.82) is 0 Å². The first-order chi connectivity index (χ1) is 9.33. The van der Waals surface area contributed by atoms with E-state index < -0.39 is 0 Å². The number of rotatable bonds is 3. The number of nitrogens with one attached hydrogen (secondary N) is 1. The van der Waals surface area contributed by atoms with Crippen LogP contribution in [0, 0.1) is 0 Å². The van der Waals surface area contributed by atoms with Crippen LogP contribution in [0.1, 0.15) is 6.42 Å². The summed E-state index contributed by atoms with van der Waals surface area (Å²) in [5, 5.41) is 4.04. The third-order valence-electron chi connectivity index (χ3n) is 3.34. The number of ether oxygens (including phenoxy) is 1. The Morgan fingerprint density at radius 2 is 1.95 bits per heavy atom. The average Bonchev–Trinajstić information content (AvgIpc) is 2.95. The molecule has 1 atom stereocenters. The molecule has 0 radical (unpaired) electrons. The molecule has 2 nitrogen and oxygen atoms in total. The van der Waals surface area contributed by atoms with E-state index in [9.17, 15) is 0 Å². The van der Waals surface area contributed by atoms with E-state index in [2.05, 4.69) is 17.4 Å². The lowest BCUT2D eigenvalue weighted by atomic mass is 10.0. The van der Waals surface area contributed by atoms with Crippen molar-refractivity contribution in [2.45, 2.75) is 12.5 Å². The van der Waals surface area contributed by atoms with Crippen molar-refractivity contribution in [3.8, 4) is 16.9 Å². The Morgan fingerprint density at radius 3 is 2.68 bits per heavy atom. The van der Waals surface area contributed by atoms with E-state index in [-0.39, 0.29) is 6.10 Å². The first kappa shape index (κ1) is 12.5. The van der Waals surface area contributed by atoms with Gasteiger partial charge in [0.25, 0.3) is 0 Å². The third-order valence-corrected chi connectivity index (χ3v) is 3.57. The largest absolute Gasteiger partial charge is 0.488 e. The maximum Gasteiger partial charge on any atom is 0.127 e. The van der Waals surface area contributed by atoms with Crippen LogP contribution in [0.3, 0.4) is 0 Å². The Kier molecular flexibility index (Phi) is 3.72. The van der Waals surface area contributed by atoms with Gasteiger partial charge in [0, 0.05) is 17.1 Å². The van der Waals surface area contributed by atoms with Gasteiger partial charge < -0.3 is 10.1 Å². The van der Waals surface area contributed by atoms with Crippen molar-refractivity contribution in [2.24, 2.45) is 0 Å². The Labute approximate surface area is 118 Å². The van der Waals surface area contributed by atoms with Gasteiger partial charge in [-0.25, -0.2) is 0 Å².